The van der Waals surface area contributed by atoms with Crippen molar-refractivity contribution in [3.63, 3.8) is 0 Å². The van der Waals surface area contributed by atoms with Gasteiger partial charge in [-0.05, 0) is 234 Å². The molecule has 1 atom stereocenters. The zero-order valence-electron chi connectivity index (χ0n) is 79.1. The fourth-order valence-corrected chi connectivity index (χ4v) is 15.2. The lowest BCUT2D eigenvalue weighted by atomic mass is 9.96. The lowest BCUT2D eigenvalue weighted by molar-refractivity contribution is -0.648. The molecular formula is C102H111O32PS-2. The van der Waals surface area contributed by atoms with Crippen molar-refractivity contribution < 1.29 is 133 Å². The topological polar surface area (TPSA) is 519 Å². The van der Waals surface area contributed by atoms with Crippen molar-refractivity contribution in [3.8, 4) is 69.0 Å². The van der Waals surface area contributed by atoms with Gasteiger partial charge in [-0.2, -0.15) is 8.42 Å². The molecule has 0 aliphatic rings. The fraction of sp³-hybridized carbons (Fsp3) is 0.314. The van der Waals surface area contributed by atoms with E-state index in [-0.39, 0.29) is 196 Å². The molecule has 0 saturated carbocycles. The third-order valence-electron chi connectivity index (χ3n) is 21.9. The Labute approximate surface area is 782 Å². The minimum Gasteiger partial charge on any atom is -0.777 e. The van der Waals surface area contributed by atoms with Gasteiger partial charge in [0.25, 0.3) is 6.47 Å². The van der Waals surface area contributed by atoms with E-state index in [1.165, 1.54) is 42.5 Å². The Bertz CT molecular complexity index is 7430. The number of phenols is 8. The van der Waals surface area contributed by atoms with E-state index in [0.29, 0.717) is 86.9 Å². The highest BCUT2D eigenvalue weighted by atomic mass is 32.3. The van der Waals surface area contributed by atoms with Gasteiger partial charge in [-0.25, -0.2) is 8.98 Å². The van der Waals surface area contributed by atoms with Crippen LogP contribution in [0.2, 0.25) is 0 Å². The van der Waals surface area contributed by atoms with Crippen molar-refractivity contribution in [2.45, 2.75) is 190 Å². The van der Waals surface area contributed by atoms with Gasteiger partial charge in [0.05, 0.1) is 21.5 Å². The smallest absolute Gasteiger partial charge is 0.400 e. The molecule has 0 amide bonds. The summed E-state index contributed by atoms with van der Waals surface area (Å²) >= 11 is 0. The van der Waals surface area contributed by atoms with Gasteiger partial charge in [-0.1, -0.05) is 93.2 Å². The van der Waals surface area contributed by atoms with Crippen molar-refractivity contribution in [1.29, 1.82) is 0 Å². The summed E-state index contributed by atoms with van der Waals surface area (Å²) in [4.78, 5) is 87.7. The number of hydrogen-bond acceptors (Lipinski definition) is 30. The third-order valence-corrected chi connectivity index (χ3v) is 23.0. The van der Waals surface area contributed by atoms with E-state index in [9.17, 15) is 92.8 Å². The number of ether oxygens (including phenoxy) is 5. The lowest BCUT2D eigenvalue weighted by Crippen LogP contribution is -2.18. The van der Waals surface area contributed by atoms with Gasteiger partial charge in [0.1, 0.15) is 135 Å². The average molecular weight is 1910 g/mol. The molecule has 0 aliphatic carbocycles. The number of carbonyl (C=O) groups excluding carboxylic acids is 1. The molecule has 8 aromatic carbocycles. The van der Waals surface area contributed by atoms with E-state index < -0.39 is 71.2 Å². The lowest BCUT2D eigenvalue weighted by Gasteiger charge is -2.26. The van der Waals surface area contributed by atoms with Crippen molar-refractivity contribution in [3.05, 3.63) is 249 Å². The van der Waals surface area contributed by atoms with E-state index in [0.717, 1.165) is 44.6 Å². The number of benzene rings is 8. The summed E-state index contributed by atoms with van der Waals surface area (Å²) in [6.45, 7) is 35.9. The Morgan fingerprint density at radius 1 is 0.360 bits per heavy atom. The Morgan fingerprint density at radius 2 is 0.610 bits per heavy atom. The van der Waals surface area contributed by atoms with Crippen LogP contribution in [0.4, 0.5) is 0 Å². The monoisotopic (exact) mass is 1910 g/mol. The van der Waals surface area contributed by atoms with Crippen LogP contribution in [0.15, 0.2) is 179 Å². The molecule has 724 valence electrons. The van der Waals surface area contributed by atoms with Crippen molar-refractivity contribution in [2.75, 3.05) is 26.5 Å². The van der Waals surface area contributed by atoms with Crippen LogP contribution in [0.3, 0.4) is 0 Å². The predicted octanol–water partition coefficient (Wildman–Crippen LogP) is 19.0. The van der Waals surface area contributed by atoms with E-state index in [4.69, 9.17) is 46.3 Å². The minimum atomic E-state index is -4.81. The molecular weight excluding hydrogens is 1800 g/mol. The molecule has 0 bridgehead atoms. The van der Waals surface area contributed by atoms with Crippen LogP contribution in [0.5, 0.6) is 69.0 Å². The number of phenolic OH excluding ortho intramolecular Hbond substituents is 8. The van der Waals surface area contributed by atoms with Crippen LogP contribution >= 0.6 is 7.60 Å². The summed E-state index contributed by atoms with van der Waals surface area (Å²) in [6, 6.07) is 11.0. The van der Waals surface area contributed by atoms with Gasteiger partial charge in [-0.15, -0.1) is 0 Å². The summed E-state index contributed by atoms with van der Waals surface area (Å²) in [5.41, 5.74) is 12.6. The molecule has 32 nitrogen and oxygen atoms in total. The number of aliphatic carboxylic acids is 1. The Balaban J connectivity index is 0.000000203. The summed E-state index contributed by atoms with van der Waals surface area (Å²) in [6.07, 6.45) is 16.4. The van der Waals surface area contributed by atoms with Gasteiger partial charge in [-0.3, -0.25) is 28.5 Å². The molecule has 12 rings (SSSR count). The second-order valence-corrected chi connectivity index (χ2v) is 37.1. The number of carboxylic acid groups (broad SMARTS) is 1. The molecule has 12 aromatic rings. The fourth-order valence-electron chi connectivity index (χ4n) is 14.7. The standard InChI is InChI=1S/2C26H28O7.C25H29O9P.C25H28O9S/c1-14(2)6-8-17-16(5)20(32-13-31-12-27)11-22-23(17)26(30)24-21(33-22)10-19(28)18(25(24)29)9-7-15(3)4;1-13(2)6-8-16-15(5)18(27)10-20-23(16)26(31)24-21(33-20)11-19(32-12-22(28)29)17(25(24)30)9-7-14(3)4;1-13(2)6-8-16-15(5)18(26)10-20-22(16)25(28)23-21(33-20)11-19(32-12-35(30,31)34-29)17(24(23)27)9-7-14(3)4;1-13(2)6-8-16-15(5)18(26)10-20-22(16)25(28)23-21(34-20)11-19(32-12-33-35(29,30)31)17(24(23)27)9-7-14(3)4/h6-7,10-12,28-29H,8-9,13H2,1-5H3;6-7,10-11,27,30H,8-9,12H2,1-5H3,(H,28,29);6-7,10-11,26-27,29H,8-9,12H2,1-5H3,(H,30,31);6-7,10-11,26-27H,8-9,12H2,1-5H3,(H,29,30,31)/p-2. The second kappa shape index (κ2) is 44.9. The summed E-state index contributed by atoms with van der Waals surface area (Å²) in [5, 5.41) is 106. The number of aromatic hydroxyl groups is 8. The Morgan fingerprint density at radius 3 is 0.912 bits per heavy atom. The van der Waals surface area contributed by atoms with Crippen LogP contribution in [0, 0.1) is 27.7 Å². The maximum Gasteiger partial charge on any atom is 0.400 e. The molecule has 34 heteroatoms. The number of allylic oxidation sites excluding steroid dienone is 16. The molecule has 1 unspecified atom stereocenters. The first-order valence-corrected chi connectivity index (χ1v) is 45.9. The van der Waals surface area contributed by atoms with Crippen LogP contribution in [0.1, 0.15) is 178 Å². The third kappa shape index (κ3) is 25.2. The molecule has 4 heterocycles. The molecule has 0 spiro atoms. The highest BCUT2D eigenvalue weighted by molar-refractivity contribution is 7.80. The largest absolute Gasteiger partial charge is 0.777 e. The first kappa shape index (κ1) is 106. The molecule has 0 fully saturated rings. The number of rotatable bonds is 31. The molecule has 0 radical (unpaired) electrons. The van der Waals surface area contributed by atoms with E-state index in [1.807, 2.05) is 154 Å². The van der Waals surface area contributed by atoms with E-state index in [2.05, 4.69) is 13.6 Å². The van der Waals surface area contributed by atoms with Crippen LogP contribution < -0.4 is 50.8 Å². The van der Waals surface area contributed by atoms with Crippen LogP contribution in [-0.2, 0) is 89.5 Å². The maximum absolute atomic E-state index is 13.7. The maximum atomic E-state index is 13.7. The van der Waals surface area contributed by atoms with Gasteiger partial charge < -0.3 is 107 Å². The Kier molecular flexibility index (Phi) is 35.0. The van der Waals surface area contributed by atoms with Crippen molar-refractivity contribution >= 4 is 118 Å². The minimum absolute atomic E-state index is 0.000233. The number of hydrogen-bond donors (Lipinski definition) is 10. The summed E-state index contributed by atoms with van der Waals surface area (Å²) in [5.74, 6) is -2.41. The highest BCUT2D eigenvalue weighted by Crippen LogP contribution is 2.46. The van der Waals surface area contributed by atoms with E-state index >= 15 is 0 Å². The zero-order valence-corrected chi connectivity index (χ0v) is 80.8. The zero-order chi connectivity index (χ0) is 101. The SMILES string of the molecule is CC(C)=CCc1c(O)cc2oc3cc(OCOC=O)c(C)c(CC=C(C)C)c3c(=O)c2c1O.CC(C)=CCc1c(OCC(=O)O)cc2oc3cc(O)c(C)c(CC=C(C)C)c3c(=O)c2c1O.CC(C)=CCc1c(OCOS(=O)(=O)O)cc2oc3cc(O)c(C)c(CC=C(C)C)c3c(=O)c2c1O.CC(C)=CCc1c(OCP(=O)([O-])O[O-])cc2oc3cc(O)c(C)c(CC=C(C)C)c3c(=O)c2c1O. The number of carboxylic acids is 1. The van der Waals surface area contributed by atoms with Crippen LogP contribution in [-0.4, -0.2) is 97.9 Å². The quantitative estimate of drug-likeness (QED) is 0.00222. The Hall–Kier alpha value is -13.9. The normalized spacial score (nSPS) is 11.6. The van der Waals surface area contributed by atoms with Crippen LogP contribution in [0.25, 0.3) is 87.8 Å². The summed E-state index contributed by atoms with van der Waals surface area (Å²) in [7, 11) is -9.56. The van der Waals surface area contributed by atoms with Crippen molar-refractivity contribution in [2.24, 2.45) is 0 Å². The second-order valence-electron chi connectivity index (χ2n) is 34.4. The number of fused-ring (bicyclic) bond motifs is 8. The molecule has 4 aromatic heterocycles. The first-order chi connectivity index (χ1) is 63.8. The predicted molar refractivity (Wildman–Crippen MR) is 515 cm³/mol. The number of carbonyl (C=O) groups is 2. The molecule has 0 aliphatic heterocycles. The van der Waals surface area contributed by atoms with Gasteiger partial charge in [0.15, 0.2) is 20.6 Å². The molecule has 136 heavy (non-hydrogen) atoms. The summed E-state index contributed by atoms with van der Waals surface area (Å²) < 4.78 is 99.5. The van der Waals surface area contributed by atoms with Gasteiger partial charge >= 0.3 is 16.4 Å². The average Bonchev–Trinajstić information content (AvgIpc) is 0.750. The molecule has 0 saturated heterocycles. The van der Waals surface area contributed by atoms with E-state index in [1.54, 1.807) is 39.0 Å². The first-order valence-electron chi connectivity index (χ1n) is 42.8. The van der Waals surface area contributed by atoms with Gasteiger partial charge in [0.2, 0.25) is 35.3 Å². The van der Waals surface area contributed by atoms with Gasteiger partial charge in [0, 0.05) is 70.8 Å². The highest BCUT2D eigenvalue weighted by Gasteiger charge is 2.30. The molecule has 10 N–H and O–H groups in total. The van der Waals surface area contributed by atoms with Crippen molar-refractivity contribution in [1.82, 2.24) is 0 Å².